The zero-order chi connectivity index (χ0) is 29.0. The molecule has 0 bridgehead atoms. The molecule has 1 unspecified atom stereocenters. The molecule has 1 aliphatic heterocycles. The summed E-state index contributed by atoms with van der Waals surface area (Å²) in [6.45, 7) is 0. The van der Waals surface area contributed by atoms with Gasteiger partial charge < -0.3 is 15.0 Å². The van der Waals surface area contributed by atoms with Gasteiger partial charge in [-0.05, 0) is 68.7 Å². The third-order valence-corrected chi connectivity index (χ3v) is 8.82. The minimum absolute atomic E-state index is 0.230. The fraction of sp³-hybridized carbons (Fsp3) is 0.0244. The molecule has 1 heterocycles. The molecule has 0 aromatic heterocycles. The highest BCUT2D eigenvalue weighted by molar-refractivity contribution is 6.18. The van der Waals surface area contributed by atoms with E-state index in [2.05, 4.69) is 162 Å². The molecule has 0 saturated heterocycles. The lowest BCUT2D eigenvalue weighted by Crippen LogP contribution is -2.10. The van der Waals surface area contributed by atoms with Crippen molar-refractivity contribution in [1.29, 1.82) is 0 Å². The van der Waals surface area contributed by atoms with E-state index in [1.807, 2.05) is 6.07 Å². The average Bonchev–Trinajstić information content (AvgIpc) is 3.55. The lowest BCUT2D eigenvalue weighted by Gasteiger charge is -2.27. The predicted molar refractivity (Wildman–Crippen MR) is 185 cm³/mol. The summed E-state index contributed by atoms with van der Waals surface area (Å²) < 4.78 is 6.59. The molecule has 0 spiro atoms. The van der Waals surface area contributed by atoms with Gasteiger partial charge in [0.15, 0.2) is 12.0 Å². The van der Waals surface area contributed by atoms with Gasteiger partial charge in [-0.25, -0.2) is 0 Å². The van der Waals surface area contributed by atoms with Gasteiger partial charge in [-0.15, -0.1) is 0 Å². The van der Waals surface area contributed by atoms with Crippen molar-refractivity contribution >= 4 is 65.8 Å². The van der Waals surface area contributed by atoms with Crippen molar-refractivity contribution in [3.63, 3.8) is 0 Å². The summed E-state index contributed by atoms with van der Waals surface area (Å²) in [4.78, 5) is 2.37. The maximum absolute atomic E-state index is 6.59. The van der Waals surface area contributed by atoms with E-state index >= 15 is 0 Å². The smallest absolute Gasteiger partial charge is 0.196 e. The Hall–Kier alpha value is -5.80. The van der Waals surface area contributed by atoms with Crippen molar-refractivity contribution in [2.45, 2.75) is 6.23 Å². The number of fused-ring (bicyclic) bond motifs is 8. The van der Waals surface area contributed by atoms with Crippen LogP contribution in [-0.4, -0.2) is 0 Å². The molecule has 1 atom stereocenters. The molecule has 0 radical (unpaired) electrons. The van der Waals surface area contributed by atoms with E-state index in [9.17, 15) is 0 Å². The highest BCUT2D eigenvalue weighted by Gasteiger charge is 2.28. The van der Waals surface area contributed by atoms with E-state index in [-0.39, 0.29) is 6.23 Å². The summed E-state index contributed by atoms with van der Waals surface area (Å²) in [5.74, 6) is 0.913. The molecule has 0 saturated carbocycles. The molecule has 0 fully saturated rings. The summed E-state index contributed by atoms with van der Waals surface area (Å²) in [5.41, 5.74) is 5.49. The predicted octanol–water partition coefficient (Wildman–Crippen LogP) is 11.3. The lowest BCUT2D eigenvalue weighted by molar-refractivity contribution is 0.262. The van der Waals surface area contributed by atoms with E-state index < -0.39 is 0 Å². The summed E-state index contributed by atoms with van der Waals surface area (Å²) in [5, 5.41) is 13.2. The van der Waals surface area contributed by atoms with Crippen LogP contribution in [0, 0.1) is 0 Å². The molecule has 3 heteroatoms. The minimum atomic E-state index is -0.230. The Balaban J connectivity index is 1.26. The van der Waals surface area contributed by atoms with Crippen molar-refractivity contribution in [3.8, 4) is 5.75 Å². The second kappa shape index (κ2) is 9.89. The zero-order valence-electron chi connectivity index (χ0n) is 23.9. The Bertz CT molecular complexity index is 2280. The van der Waals surface area contributed by atoms with Crippen LogP contribution in [0.3, 0.4) is 0 Å². The summed E-state index contributed by atoms with van der Waals surface area (Å²) in [6.07, 6.45) is -0.230. The Kier molecular flexibility index (Phi) is 5.57. The van der Waals surface area contributed by atoms with Crippen molar-refractivity contribution < 1.29 is 4.74 Å². The van der Waals surface area contributed by atoms with Crippen LogP contribution in [0.15, 0.2) is 158 Å². The summed E-state index contributed by atoms with van der Waals surface area (Å²) in [7, 11) is 0. The van der Waals surface area contributed by atoms with E-state index in [4.69, 9.17) is 4.74 Å². The fourth-order valence-corrected chi connectivity index (χ4v) is 6.69. The number of hydrogen-bond donors (Lipinski definition) is 1. The van der Waals surface area contributed by atoms with Crippen LogP contribution in [0.4, 0.5) is 22.7 Å². The number of hydrogen-bond acceptors (Lipinski definition) is 3. The molecule has 8 aromatic carbocycles. The molecule has 8 aromatic rings. The van der Waals surface area contributed by atoms with Gasteiger partial charge in [-0.2, -0.15) is 0 Å². The van der Waals surface area contributed by atoms with Gasteiger partial charge in [0.1, 0.15) is 0 Å². The van der Waals surface area contributed by atoms with Gasteiger partial charge in [0.25, 0.3) is 0 Å². The van der Waals surface area contributed by atoms with Gasteiger partial charge in [0.05, 0.1) is 5.69 Å². The van der Waals surface area contributed by atoms with Gasteiger partial charge in [0, 0.05) is 33.4 Å². The second-order valence-corrected chi connectivity index (χ2v) is 11.4. The van der Waals surface area contributed by atoms with E-state index in [0.717, 1.165) is 44.8 Å². The third kappa shape index (κ3) is 3.98. The Morgan fingerprint density at radius 2 is 0.977 bits per heavy atom. The molecule has 0 aliphatic carbocycles. The lowest BCUT2D eigenvalue weighted by atomic mass is 9.98. The van der Waals surface area contributed by atoms with Gasteiger partial charge in [0.2, 0.25) is 0 Å². The number of benzene rings is 8. The topological polar surface area (TPSA) is 24.5 Å². The van der Waals surface area contributed by atoms with E-state index in [1.165, 1.54) is 32.3 Å². The molecule has 208 valence electrons. The number of nitrogens with zero attached hydrogens (tertiary/aromatic N) is 1. The molecule has 44 heavy (non-hydrogen) atoms. The number of anilines is 4. The van der Waals surface area contributed by atoms with Gasteiger partial charge in [-0.1, -0.05) is 121 Å². The van der Waals surface area contributed by atoms with E-state index in [1.54, 1.807) is 0 Å². The summed E-state index contributed by atoms with van der Waals surface area (Å²) >= 11 is 0. The normalized spacial score (nSPS) is 14.0. The van der Waals surface area contributed by atoms with Crippen molar-refractivity contribution in [2.75, 3.05) is 10.2 Å². The van der Waals surface area contributed by atoms with Gasteiger partial charge >= 0.3 is 0 Å². The third-order valence-electron chi connectivity index (χ3n) is 8.82. The number of rotatable bonds is 4. The van der Waals surface area contributed by atoms with Crippen LogP contribution < -0.4 is 15.0 Å². The SMILES string of the molecule is c1ccc(C2Nc3c(c4ccccc4c4cc(N(c5ccc6ccccc6c5)c5ccc6ccccc6c5)ccc34)O2)cc1. The molecular formula is C41H28N2O. The fourth-order valence-electron chi connectivity index (χ4n) is 6.69. The van der Waals surface area contributed by atoms with Crippen LogP contribution in [0.25, 0.3) is 43.1 Å². The quantitative estimate of drug-likeness (QED) is 0.215. The zero-order valence-corrected chi connectivity index (χ0v) is 23.9. The van der Waals surface area contributed by atoms with Crippen LogP contribution in [0.1, 0.15) is 11.8 Å². The first kappa shape index (κ1) is 24.8. The highest BCUT2D eigenvalue weighted by atomic mass is 16.5. The number of nitrogens with one attached hydrogen (secondary N) is 1. The van der Waals surface area contributed by atoms with Crippen LogP contribution in [0.2, 0.25) is 0 Å². The monoisotopic (exact) mass is 564 g/mol. The standard InChI is InChI=1S/C41H28N2O/c1-2-12-29(13-3-1)41-42-39-36-23-22-34(26-38(36)35-16-8-9-17-37(35)40(39)44-41)43(32-20-18-27-10-4-6-14-30(27)24-32)33-21-19-28-11-5-7-15-31(28)25-33/h1-26,41-42H. The minimum Gasteiger partial charge on any atom is -0.464 e. The molecule has 1 aliphatic rings. The summed E-state index contributed by atoms with van der Waals surface area (Å²) in [6, 6.07) is 56.3. The largest absolute Gasteiger partial charge is 0.464 e. The van der Waals surface area contributed by atoms with Crippen molar-refractivity contribution in [1.82, 2.24) is 0 Å². The Morgan fingerprint density at radius 1 is 0.432 bits per heavy atom. The maximum Gasteiger partial charge on any atom is 0.196 e. The Labute approximate surface area is 255 Å². The molecule has 9 rings (SSSR count). The van der Waals surface area contributed by atoms with Crippen LogP contribution >= 0.6 is 0 Å². The molecular weight excluding hydrogens is 536 g/mol. The Morgan fingerprint density at radius 3 is 1.66 bits per heavy atom. The molecule has 3 nitrogen and oxygen atoms in total. The van der Waals surface area contributed by atoms with E-state index in [0.29, 0.717) is 0 Å². The van der Waals surface area contributed by atoms with Crippen LogP contribution in [0.5, 0.6) is 5.75 Å². The first-order valence-corrected chi connectivity index (χ1v) is 15.0. The highest BCUT2D eigenvalue weighted by Crippen LogP contribution is 2.50. The first-order valence-electron chi connectivity index (χ1n) is 15.0. The van der Waals surface area contributed by atoms with Crippen molar-refractivity contribution in [3.05, 3.63) is 163 Å². The molecule has 0 amide bonds. The number of ether oxygens (including phenoxy) is 1. The second-order valence-electron chi connectivity index (χ2n) is 11.4. The average molecular weight is 565 g/mol. The maximum atomic E-state index is 6.59. The molecule has 1 N–H and O–H groups in total. The van der Waals surface area contributed by atoms with Crippen molar-refractivity contribution in [2.24, 2.45) is 0 Å². The van der Waals surface area contributed by atoms with Crippen LogP contribution in [-0.2, 0) is 0 Å². The van der Waals surface area contributed by atoms with Gasteiger partial charge in [-0.3, -0.25) is 0 Å². The first-order chi connectivity index (χ1) is 21.8.